The summed E-state index contributed by atoms with van der Waals surface area (Å²) < 4.78 is 11.0. The Morgan fingerprint density at radius 2 is 2.06 bits per heavy atom. The van der Waals surface area contributed by atoms with Gasteiger partial charge in [0.25, 0.3) is 0 Å². The van der Waals surface area contributed by atoms with Gasteiger partial charge in [0.2, 0.25) is 0 Å². The van der Waals surface area contributed by atoms with E-state index in [9.17, 15) is 0 Å². The Morgan fingerprint density at radius 3 is 2.67 bits per heavy atom. The minimum absolute atomic E-state index is 0.147. The van der Waals surface area contributed by atoms with Crippen LogP contribution in [0.5, 0.6) is 11.5 Å². The lowest BCUT2D eigenvalue weighted by molar-refractivity contribution is 0.230. The molecular weight excluding hydrogens is 226 g/mol. The second-order valence-corrected chi connectivity index (χ2v) is 4.29. The lowest BCUT2D eigenvalue weighted by atomic mass is 10.2. The molecule has 0 aliphatic heterocycles. The third-order valence-corrected chi connectivity index (χ3v) is 2.37. The molecule has 0 aliphatic rings. The fraction of sp³-hybridized carbons (Fsp3) is 0.467. The van der Waals surface area contributed by atoms with Gasteiger partial charge in [-0.2, -0.15) is 0 Å². The first-order chi connectivity index (χ1) is 8.67. The van der Waals surface area contributed by atoms with Crippen LogP contribution in [-0.2, 0) is 0 Å². The van der Waals surface area contributed by atoms with Gasteiger partial charge in [0.15, 0.2) is 11.5 Å². The highest BCUT2D eigenvalue weighted by Gasteiger charge is 2.06. The molecule has 1 rings (SSSR count). The third kappa shape index (κ3) is 4.80. The summed E-state index contributed by atoms with van der Waals surface area (Å²) in [6.45, 7) is 7.96. The molecule has 0 amide bonds. The summed E-state index contributed by atoms with van der Waals surface area (Å²) in [4.78, 5) is 0. The average molecular weight is 249 g/mol. The smallest absolute Gasteiger partial charge is 0.161 e. The number of hydrogen-bond donors (Lipinski definition) is 1. The van der Waals surface area contributed by atoms with Crippen molar-refractivity contribution in [3.63, 3.8) is 0 Å². The molecule has 0 saturated heterocycles. The Labute approximate surface area is 110 Å². The molecular formula is C15H23NO2. The van der Waals surface area contributed by atoms with Crippen molar-refractivity contribution in [3.05, 3.63) is 29.8 Å². The quantitative estimate of drug-likeness (QED) is 0.753. The van der Waals surface area contributed by atoms with E-state index in [1.807, 2.05) is 32.0 Å². The molecule has 0 fully saturated rings. The summed E-state index contributed by atoms with van der Waals surface area (Å²) in [6, 6.07) is 5.97. The number of rotatable bonds is 7. The van der Waals surface area contributed by atoms with Crippen LogP contribution in [0.1, 0.15) is 26.3 Å². The largest absolute Gasteiger partial charge is 0.493 e. The van der Waals surface area contributed by atoms with Crippen LogP contribution in [0.2, 0.25) is 0 Å². The molecule has 0 bridgehead atoms. The molecule has 1 aromatic carbocycles. The second-order valence-electron chi connectivity index (χ2n) is 4.29. The number of hydrogen-bond acceptors (Lipinski definition) is 3. The first-order valence-electron chi connectivity index (χ1n) is 6.39. The van der Waals surface area contributed by atoms with Gasteiger partial charge in [-0.05, 0) is 38.1 Å². The zero-order valence-electron chi connectivity index (χ0n) is 11.7. The van der Waals surface area contributed by atoms with Crippen molar-refractivity contribution in [2.45, 2.75) is 26.9 Å². The van der Waals surface area contributed by atoms with Gasteiger partial charge in [-0.3, -0.25) is 0 Å². The summed E-state index contributed by atoms with van der Waals surface area (Å²) >= 11 is 0. The predicted molar refractivity (Wildman–Crippen MR) is 76.3 cm³/mol. The standard InChI is InChI=1S/C15H23NO2/c1-5-16-10-6-7-13-8-9-14(18-12(2)3)15(11-13)17-4/h6-9,11-12,16H,5,10H2,1-4H3. The predicted octanol–water partition coefficient (Wildman–Crippen LogP) is 3.11. The maximum atomic E-state index is 5.67. The molecule has 0 atom stereocenters. The average Bonchev–Trinajstić information content (AvgIpc) is 2.35. The van der Waals surface area contributed by atoms with Crippen LogP contribution in [0.15, 0.2) is 24.3 Å². The molecule has 18 heavy (non-hydrogen) atoms. The number of nitrogens with one attached hydrogen (secondary N) is 1. The number of benzene rings is 1. The molecule has 0 heterocycles. The van der Waals surface area contributed by atoms with Gasteiger partial charge in [-0.25, -0.2) is 0 Å². The summed E-state index contributed by atoms with van der Waals surface area (Å²) in [5.74, 6) is 1.56. The molecule has 0 aromatic heterocycles. The van der Waals surface area contributed by atoms with E-state index in [4.69, 9.17) is 9.47 Å². The number of methoxy groups -OCH3 is 1. The van der Waals surface area contributed by atoms with Crippen molar-refractivity contribution >= 4 is 6.08 Å². The van der Waals surface area contributed by atoms with E-state index in [0.717, 1.165) is 30.2 Å². The van der Waals surface area contributed by atoms with Crippen molar-refractivity contribution in [1.29, 1.82) is 0 Å². The van der Waals surface area contributed by atoms with Crippen LogP contribution in [0.3, 0.4) is 0 Å². The highest BCUT2D eigenvalue weighted by Crippen LogP contribution is 2.29. The van der Waals surface area contributed by atoms with Gasteiger partial charge in [0.05, 0.1) is 13.2 Å². The summed E-state index contributed by atoms with van der Waals surface area (Å²) in [6.07, 6.45) is 4.32. The molecule has 100 valence electrons. The van der Waals surface area contributed by atoms with Crippen LogP contribution in [0, 0.1) is 0 Å². The van der Waals surface area contributed by atoms with E-state index in [0.29, 0.717) is 0 Å². The lowest BCUT2D eigenvalue weighted by Crippen LogP contribution is -2.11. The highest BCUT2D eigenvalue weighted by atomic mass is 16.5. The summed E-state index contributed by atoms with van der Waals surface area (Å²) in [5.41, 5.74) is 1.11. The molecule has 3 heteroatoms. The van der Waals surface area contributed by atoms with Gasteiger partial charge in [-0.1, -0.05) is 25.1 Å². The molecule has 0 unspecified atom stereocenters. The van der Waals surface area contributed by atoms with E-state index >= 15 is 0 Å². The molecule has 0 aliphatic carbocycles. The Bertz CT molecular complexity index is 386. The minimum Gasteiger partial charge on any atom is -0.493 e. The van der Waals surface area contributed by atoms with Crippen LogP contribution in [0.4, 0.5) is 0 Å². The van der Waals surface area contributed by atoms with Gasteiger partial charge in [0.1, 0.15) is 0 Å². The Hall–Kier alpha value is -1.48. The van der Waals surface area contributed by atoms with Crippen LogP contribution < -0.4 is 14.8 Å². The fourth-order valence-electron chi connectivity index (χ4n) is 1.56. The Balaban J connectivity index is 2.75. The van der Waals surface area contributed by atoms with Crippen LogP contribution >= 0.6 is 0 Å². The SMILES string of the molecule is CCNCC=Cc1ccc(OC(C)C)c(OC)c1. The lowest BCUT2D eigenvalue weighted by Gasteiger charge is -2.13. The van der Waals surface area contributed by atoms with Crippen LogP contribution in [0.25, 0.3) is 6.08 Å². The zero-order chi connectivity index (χ0) is 13.4. The van der Waals surface area contributed by atoms with E-state index in [2.05, 4.69) is 24.4 Å². The molecule has 3 nitrogen and oxygen atoms in total. The summed E-state index contributed by atoms with van der Waals surface area (Å²) in [5, 5.41) is 3.24. The summed E-state index contributed by atoms with van der Waals surface area (Å²) in [7, 11) is 1.66. The van der Waals surface area contributed by atoms with Gasteiger partial charge < -0.3 is 14.8 Å². The van der Waals surface area contributed by atoms with Crippen molar-refractivity contribution in [3.8, 4) is 11.5 Å². The molecule has 0 radical (unpaired) electrons. The van der Waals surface area contributed by atoms with Crippen molar-refractivity contribution < 1.29 is 9.47 Å². The van der Waals surface area contributed by atoms with Gasteiger partial charge >= 0.3 is 0 Å². The minimum atomic E-state index is 0.147. The van der Waals surface area contributed by atoms with E-state index in [1.165, 1.54) is 0 Å². The fourth-order valence-corrected chi connectivity index (χ4v) is 1.56. The zero-order valence-corrected chi connectivity index (χ0v) is 11.7. The van der Waals surface area contributed by atoms with Gasteiger partial charge in [0, 0.05) is 6.54 Å². The molecule has 1 aromatic rings. The maximum absolute atomic E-state index is 5.67. The maximum Gasteiger partial charge on any atom is 0.161 e. The molecule has 0 saturated carbocycles. The first-order valence-corrected chi connectivity index (χ1v) is 6.39. The molecule has 1 N–H and O–H groups in total. The number of likely N-dealkylation sites (N-methyl/N-ethyl adjacent to an activating group) is 1. The Morgan fingerprint density at radius 1 is 1.28 bits per heavy atom. The molecule has 0 spiro atoms. The monoisotopic (exact) mass is 249 g/mol. The van der Waals surface area contributed by atoms with Crippen molar-refractivity contribution in [2.24, 2.45) is 0 Å². The van der Waals surface area contributed by atoms with E-state index < -0.39 is 0 Å². The van der Waals surface area contributed by atoms with Crippen molar-refractivity contribution in [1.82, 2.24) is 5.32 Å². The second kappa shape index (κ2) is 7.77. The van der Waals surface area contributed by atoms with Gasteiger partial charge in [-0.15, -0.1) is 0 Å². The topological polar surface area (TPSA) is 30.5 Å². The van der Waals surface area contributed by atoms with Crippen LogP contribution in [-0.4, -0.2) is 26.3 Å². The number of ether oxygens (including phenoxy) is 2. The Kier molecular flexibility index (Phi) is 6.29. The highest BCUT2D eigenvalue weighted by molar-refractivity contribution is 5.56. The normalized spacial score (nSPS) is 11.2. The van der Waals surface area contributed by atoms with E-state index in [-0.39, 0.29) is 6.10 Å². The van der Waals surface area contributed by atoms with Crippen molar-refractivity contribution in [2.75, 3.05) is 20.2 Å². The first kappa shape index (κ1) is 14.6. The third-order valence-electron chi connectivity index (χ3n) is 2.37. The van der Waals surface area contributed by atoms with E-state index in [1.54, 1.807) is 7.11 Å².